The summed E-state index contributed by atoms with van der Waals surface area (Å²) in [7, 11) is 1.57. The summed E-state index contributed by atoms with van der Waals surface area (Å²) >= 11 is 11.3. The molecule has 0 amide bonds. The third kappa shape index (κ3) is 4.28. The fourth-order valence-electron chi connectivity index (χ4n) is 2.69. The number of aliphatic carboxylic acids is 1. The largest absolute Gasteiger partial charge is 0.544 e. The number of rotatable bonds is 6. The number of hydrogen-bond donors (Lipinski definition) is 1. The molecule has 138 valence electrons. The molecule has 2 N–H and O–H groups in total. The number of benzene rings is 2. The van der Waals surface area contributed by atoms with Gasteiger partial charge in [-0.05, 0) is 34.1 Å². The van der Waals surface area contributed by atoms with Crippen molar-refractivity contribution in [2.45, 2.75) is 18.0 Å². The van der Waals surface area contributed by atoms with E-state index < -0.39 is 12.0 Å². The topological polar surface area (TPSA) is 75.2 Å². The van der Waals surface area contributed by atoms with Gasteiger partial charge in [-0.25, -0.2) is 0 Å². The molecule has 0 radical (unpaired) electrons. The molecule has 0 bridgehead atoms. The number of carbonyl (C=O) groups excluding carboxylic acids is 1. The molecule has 1 heterocycles. The number of nitrogens with two attached hydrogens (primary N) is 1. The molecule has 1 aliphatic heterocycles. The van der Waals surface area contributed by atoms with E-state index in [4.69, 9.17) is 21.1 Å². The Hall–Kier alpha value is -1.41. The molecule has 0 aromatic heterocycles. The van der Waals surface area contributed by atoms with Gasteiger partial charge in [-0.1, -0.05) is 41.6 Å². The van der Waals surface area contributed by atoms with E-state index in [1.165, 1.54) is 0 Å². The van der Waals surface area contributed by atoms with Gasteiger partial charge in [0, 0.05) is 16.1 Å². The van der Waals surface area contributed by atoms with Crippen LogP contribution in [-0.2, 0) is 11.4 Å². The summed E-state index contributed by atoms with van der Waals surface area (Å²) in [4.78, 5) is 11.0. The Balaban J connectivity index is 1.79. The van der Waals surface area contributed by atoms with Crippen molar-refractivity contribution in [3.63, 3.8) is 0 Å². The van der Waals surface area contributed by atoms with Crippen LogP contribution in [0.4, 0.5) is 0 Å². The van der Waals surface area contributed by atoms with Crippen molar-refractivity contribution in [2.24, 2.45) is 0 Å². The molecule has 2 aromatic rings. The number of carboxylic acids is 1. The molecule has 0 saturated carbocycles. The number of carbonyl (C=O) groups is 1. The number of ether oxygens (including phenoxy) is 2. The number of methoxy groups -OCH3 is 1. The van der Waals surface area contributed by atoms with Crippen molar-refractivity contribution >= 4 is 45.3 Å². The van der Waals surface area contributed by atoms with Gasteiger partial charge in [0.2, 0.25) is 0 Å². The second kappa shape index (κ2) is 8.52. The van der Waals surface area contributed by atoms with Crippen LogP contribution in [0.25, 0.3) is 0 Å². The van der Waals surface area contributed by atoms with E-state index in [-0.39, 0.29) is 5.37 Å². The normalized spacial score (nSPS) is 19.3. The molecule has 8 heteroatoms. The summed E-state index contributed by atoms with van der Waals surface area (Å²) in [5, 5.41) is 13.5. The quantitative estimate of drug-likeness (QED) is 0.718. The highest BCUT2D eigenvalue weighted by Crippen LogP contribution is 2.40. The van der Waals surface area contributed by atoms with Gasteiger partial charge in [-0.2, -0.15) is 0 Å². The van der Waals surface area contributed by atoms with Crippen molar-refractivity contribution in [2.75, 3.05) is 12.9 Å². The second-order valence-electron chi connectivity index (χ2n) is 5.79. The average molecular weight is 459 g/mol. The third-order valence-corrected chi connectivity index (χ3v) is 6.37. The Morgan fingerprint density at radius 3 is 2.85 bits per heavy atom. The highest BCUT2D eigenvalue weighted by molar-refractivity contribution is 9.10. The van der Waals surface area contributed by atoms with Gasteiger partial charge < -0.3 is 24.7 Å². The zero-order valence-corrected chi connectivity index (χ0v) is 17.1. The molecule has 3 rings (SSSR count). The summed E-state index contributed by atoms with van der Waals surface area (Å²) in [5.74, 6) is 0.631. The van der Waals surface area contributed by atoms with Crippen LogP contribution < -0.4 is 19.9 Å². The lowest BCUT2D eigenvalue weighted by atomic mass is 10.2. The number of quaternary nitrogens is 1. The standard InChI is InChI=1S/C18H17BrClNO4S/c1-24-15-7-11(17-21-14(9-26-17)18(22)23)6-12(19)16(15)25-8-10-4-2-3-5-13(10)20/h2-7,14,17,21H,8-9H2,1H3,(H,22,23)/t14-,17+/m1/s1. The minimum absolute atomic E-state index is 0.0271. The SMILES string of the molecule is COc1cc([C@H]2[NH2+][C@@H](C(=O)[O-])CS2)cc(Br)c1OCc1ccccc1Cl. The molecular weight excluding hydrogens is 442 g/mol. The van der Waals surface area contributed by atoms with Crippen molar-refractivity contribution in [1.82, 2.24) is 0 Å². The maximum absolute atomic E-state index is 11.0. The summed E-state index contributed by atoms with van der Waals surface area (Å²) in [6.45, 7) is 0.311. The first-order valence-corrected chi connectivity index (χ1v) is 10.1. The van der Waals surface area contributed by atoms with Crippen LogP contribution >= 0.6 is 39.3 Å². The highest BCUT2D eigenvalue weighted by atomic mass is 79.9. The molecule has 0 unspecified atom stereocenters. The van der Waals surface area contributed by atoms with E-state index in [1.807, 2.05) is 36.4 Å². The van der Waals surface area contributed by atoms with Gasteiger partial charge in [0.15, 0.2) is 16.9 Å². The predicted molar refractivity (Wildman–Crippen MR) is 102 cm³/mol. The van der Waals surface area contributed by atoms with Gasteiger partial charge in [0.1, 0.15) is 18.6 Å². The Kier molecular flexibility index (Phi) is 6.34. The Morgan fingerprint density at radius 1 is 1.42 bits per heavy atom. The predicted octanol–water partition coefficient (Wildman–Crippen LogP) is 2.12. The molecule has 26 heavy (non-hydrogen) atoms. The van der Waals surface area contributed by atoms with Crippen LogP contribution in [0.5, 0.6) is 11.5 Å². The fourth-order valence-corrected chi connectivity index (χ4v) is 4.75. The van der Waals surface area contributed by atoms with E-state index in [9.17, 15) is 9.90 Å². The minimum atomic E-state index is -1.04. The molecule has 5 nitrogen and oxygen atoms in total. The summed E-state index contributed by atoms with van der Waals surface area (Å²) in [6.07, 6.45) is 0. The summed E-state index contributed by atoms with van der Waals surface area (Å²) < 4.78 is 12.1. The van der Waals surface area contributed by atoms with Crippen LogP contribution in [0.15, 0.2) is 40.9 Å². The van der Waals surface area contributed by atoms with Gasteiger partial charge in [0.05, 0.1) is 17.3 Å². The average Bonchev–Trinajstić information content (AvgIpc) is 3.12. The molecule has 0 aliphatic carbocycles. The maximum atomic E-state index is 11.0. The van der Waals surface area contributed by atoms with Crippen LogP contribution in [0.2, 0.25) is 5.02 Å². The first-order chi connectivity index (χ1) is 12.5. The Labute approximate surface area is 169 Å². The van der Waals surface area contributed by atoms with Crippen LogP contribution in [0, 0.1) is 0 Å². The minimum Gasteiger partial charge on any atom is -0.544 e. The van der Waals surface area contributed by atoms with Gasteiger partial charge in [0.25, 0.3) is 0 Å². The molecule has 1 fully saturated rings. The van der Waals surface area contributed by atoms with E-state index in [2.05, 4.69) is 15.9 Å². The zero-order chi connectivity index (χ0) is 18.7. The lowest BCUT2D eigenvalue weighted by molar-refractivity contribution is -0.690. The maximum Gasteiger partial charge on any atom is 0.175 e. The molecular formula is C18H17BrClNO4S. The van der Waals surface area contributed by atoms with E-state index in [0.29, 0.717) is 28.9 Å². The fraction of sp³-hybridized carbons (Fsp3) is 0.278. The molecule has 2 aromatic carbocycles. The molecule has 2 atom stereocenters. The third-order valence-electron chi connectivity index (χ3n) is 4.08. The first kappa shape index (κ1) is 19.4. The molecule has 0 spiro atoms. The highest BCUT2D eigenvalue weighted by Gasteiger charge is 2.32. The Bertz CT molecular complexity index is 820. The van der Waals surface area contributed by atoms with Crippen molar-refractivity contribution in [1.29, 1.82) is 0 Å². The number of halogens is 2. The number of hydrogen-bond acceptors (Lipinski definition) is 5. The lowest BCUT2D eigenvalue weighted by Gasteiger charge is -2.17. The number of thioether (sulfide) groups is 1. The second-order valence-corrected chi connectivity index (χ2v) is 8.22. The lowest BCUT2D eigenvalue weighted by Crippen LogP contribution is -2.90. The van der Waals surface area contributed by atoms with Crippen LogP contribution in [-0.4, -0.2) is 24.9 Å². The van der Waals surface area contributed by atoms with Crippen molar-refractivity contribution in [3.8, 4) is 11.5 Å². The molecule has 1 saturated heterocycles. The number of carboxylic acid groups (broad SMARTS) is 1. The van der Waals surface area contributed by atoms with E-state index in [1.54, 1.807) is 24.2 Å². The van der Waals surface area contributed by atoms with E-state index >= 15 is 0 Å². The van der Waals surface area contributed by atoms with Gasteiger partial charge >= 0.3 is 0 Å². The van der Waals surface area contributed by atoms with Gasteiger partial charge in [-0.3, -0.25) is 0 Å². The van der Waals surface area contributed by atoms with Crippen molar-refractivity contribution in [3.05, 3.63) is 57.0 Å². The van der Waals surface area contributed by atoms with Crippen LogP contribution in [0.3, 0.4) is 0 Å². The summed E-state index contributed by atoms with van der Waals surface area (Å²) in [5.41, 5.74) is 1.83. The van der Waals surface area contributed by atoms with Gasteiger partial charge in [-0.15, -0.1) is 0 Å². The monoisotopic (exact) mass is 457 g/mol. The van der Waals surface area contributed by atoms with E-state index in [0.717, 1.165) is 15.6 Å². The first-order valence-electron chi connectivity index (χ1n) is 7.90. The summed E-state index contributed by atoms with van der Waals surface area (Å²) in [6, 6.07) is 10.8. The smallest absolute Gasteiger partial charge is 0.175 e. The van der Waals surface area contributed by atoms with Crippen molar-refractivity contribution < 1.29 is 24.7 Å². The molecule has 1 aliphatic rings. The Morgan fingerprint density at radius 2 is 2.19 bits per heavy atom. The van der Waals surface area contributed by atoms with Crippen LogP contribution in [0.1, 0.15) is 16.5 Å². The zero-order valence-electron chi connectivity index (χ0n) is 13.9.